The van der Waals surface area contributed by atoms with Gasteiger partial charge in [-0.25, -0.2) is 10.5 Å². The van der Waals surface area contributed by atoms with E-state index in [4.69, 9.17) is 22.1 Å². The molecule has 0 spiro atoms. The van der Waals surface area contributed by atoms with Crippen molar-refractivity contribution in [2.24, 2.45) is 10.2 Å². The smallest absolute Gasteiger partial charge is 0.297 e. The fraction of sp³-hybridized carbons (Fsp3) is 0.0645. The molecule has 292 valence electrons. The fourth-order valence-corrected chi connectivity index (χ4v) is 8.00. The van der Waals surface area contributed by atoms with Crippen LogP contribution in [0, 0.1) is 0 Å². The third-order valence-corrected chi connectivity index (χ3v) is 10.9. The molecule has 6 rings (SSSR count). The van der Waals surface area contributed by atoms with E-state index in [1.807, 2.05) is 25.1 Å². The molecule has 1 heterocycles. The van der Waals surface area contributed by atoms with E-state index >= 15 is 0 Å². The van der Waals surface area contributed by atoms with Crippen LogP contribution in [0.2, 0.25) is 5.28 Å². The van der Waals surface area contributed by atoms with E-state index in [9.17, 15) is 31.0 Å². The van der Waals surface area contributed by atoms with Crippen LogP contribution in [0.25, 0.3) is 21.5 Å². The summed E-state index contributed by atoms with van der Waals surface area (Å²) in [6.07, 6.45) is 0. The van der Waals surface area contributed by atoms with Crippen LogP contribution in [0.15, 0.2) is 109 Å². The maximum Gasteiger partial charge on any atom is 0.297 e. The number of azo groups is 1. The van der Waals surface area contributed by atoms with Gasteiger partial charge in [0.2, 0.25) is 17.2 Å². The first kappa shape index (κ1) is 40.9. The molecule has 20 nitrogen and oxygen atoms in total. The maximum absolute atomic E-state index is 12.7. The summed E-state index contributed by atoms with van der Waals surface area (Å²) in [5.74, 6) is -0.850. The number of para-hydroxylation sites is 1. The van der Waals surface area contributed by atoms with Gasteiger partial charge >= 0.3 is 0 Å². The molecule has 0 radical (unpaired) electrons. The molecule has 0 saturated heterocycles. The Balaban J connectivity index is 1.54. The van der Waals surface area contributed by atoms with Gasteiger partial charge in [-0.3, -0.25) is 9.11 Å². The molecule has 6 aromatic rings. The molecule has 25 heteroatoms. The number of phenolic OH excluding ortho intramolecular Hbond substituents is 1. The topological polar surface area (TPSA) is 285 Å². The first-order valence-corrected chi connectivity index (χ1v) is 20.0. The Kier molecular flexibility index (Phi) is 12.5. The Morgan fingerprint density at radius 3 is 2.20 bits per heavy atom. The van der Waals surface area contributed by atoms with Crippen molar-refractivity contribution in [2.75, 3.05) is 16.8 Å². The van der Waals surface area contributed by atoms with Gasteiger partial charge in [-0.2, -0.15) is 31.8 Å². The fourth-order valence-electron chi connectivity index (χ4n) is 5.47. The molecule has 0 saturated carbocycles. The number of anilines is 4. The van der Waals surface area contributed by atoms with Crippen molar-refractivity contribution < 1.29 is 60.3 Å². The van der Waals surface area contributed by atoms with Crippen LogP contribution in [-0.2, 0) is 39.0 Å². The molecular weight excluding hydrogens is 842 g/mol. The lowest BCUT2D eigenvalue weighted by atomic mass is 10.1. The van der Waals surface area contributed by atoms with Crippen molar-refractivity contribution in [3.8, 4) is 5.75 Å². The largest absolute Gasteiger partial charge is 0.505 e. The van der Waals surface area contributed by atoms with Gasteiger partial charge in [-0.1, -0.05) is 46.5 Å². The molecule has 6 N–H and O–H groups in total. The van der Waals surface area contributed by atoms with E-state index in [1.54, 1.807) is 17.0 Å². The zero-order valence-corrected chi connectivity index (χ0v) is 31.9. The number of benzene rings is 5. The van der Waals surface area contributed by atoms with E-state index in [0.29, 0.717) is 24.3 Å². The summed E-state index contributed by atoms with van der Waals surface area (Å²) in [5.41, 5.74) is -0.360. The molecule has 0 atom stereocenters. The number of hydrogen-bond acceptors (Lipinski definition) is 20. The Morgan fingerprint density at radius 1 is 0.821 bits per heavy atom. The third kappa shape index (κ3) is 8.92. The van der Waals surface area contributed by atoms with E-state index < -0.39 is 47.2 Å². The third-order valence-electron chi connectivity index (χ3n) is 7.67. The molecule has 0 unspecified atom stereocenters. The SMILES string of the molecule is CCN(c1ccccc1)c1nc(Cl)nc(Nc2cc(S(=O)(=O)O)cc3cc(SOOO)c(/N=N/c4ccc5c(SOOO)cccc5c4S(=O)(=O)O)c(O)c23)n1. The quantitative estimate of drug-likeness (QED) is 0.0186. The predicted octanol–water partition coefficient (Wildman–Crippen LogP) is 8.20. The molecule has 0 aliphatic heterocycles. The Labute approximate surface area is 329 Å². The second kappa shape index (κ2) is 17.1. The van der Waals surface area contributed by atoms with Gasteiger partial charge in [0.15, 0.2) is 5.75 Å². The number of aromatic hydroxyl groups is 1. The van der Waals surface area contributed by atoms with Gasteiger partial charge in [0.25, 0.3) is 20.2 Å². The average molecular weight is 866 g/mol. The number of nitrogens with zero attached hydrogens (tertiary/aromatic N) is 6. The molecule has 0 aliphatic rings. The van der Waals surface area contributed by atoms with Crippen molar-refractivity contribution in [3.63, 3.8) is 0 Å². The molecule has 1 aromatic heterocycles. The number of hydrogen-bond donors (Lipinski definition) is 6. The summed E-state index contributed by atoms with van der Waals surface area (Å²) in [6.45, 7) is 2.23. The lowest BCUT2D eigenvalue weighted by Gasteiger charge is -2.21. The van der Waals surface area contributed by atoms with E-state index in [2.05, 4.69) is 49.2 Å². The minimum Gasteiger partial charge on any atom is -0.505 e. The second-order valence-corrected chi connectivity index (χ2v) is 15.5. The highest BCUT2D eigenvalue weighted by atomic mass is 35.5. The molecule has 56 heavy (non-hydrogen) atoms. The highest BCUT2D eigenvalue weighted by Gasteiger charge is 2.25. The summed E-state index contributed by atoms with van der Waals surface area (Å²) in [5, 5.41) is 47.2. The highest BCUT2D eigenvalue weighted by molar-refractivity contribution is 7.95. The number of fused-ring (bicyclic) bond motifs is 2. The van der Waals surface area contributed by atoms with Gasteiger partial charge in [0.1, 0.15) is 16.3 Å². The van der Waals surface area contributed by atoms with Crippen molar-refractivity contribution in [1.29, 1.82) is 0 Å². The van der Waals surface area contributed by atoms with Crippen LogP contribution in [-0.4, -0.2) is 63.1 Å². The van der Waals surface area contributed by atoms with E-state index in [-0.39, 0.29) is 66.2 Å². The normalized spacial score (nSPS) is 12.2. The molecule has 0 amide bonds. The van der Waals surface area contributed by atoms with Gasteiger partial charge in [0.05, 0.1) is 39.6 Å². The van der Waals surface area contributed by atoms with Crippen molar-refractivity contribution in [2.45, 2.75) is 26.5 Å². The van der Waals surface area contributed by atoms with Gasteiger partial charge < -0.3 is 15.3 Å². The summed E-state index contributed by atoms with van der Waals surface area (Å²) in [7, 11) is -9.90. The standard InChI is InChI=1S/C31H24ClN7O13S4/c1-2-39(17-7-4-3-5-8-17)31-35-29(32)34-30(36-31)33-22-15-18(55(43,44)45)13-16-14-24(54-52-50-42)26(27(40)25(16)22)38-37-21-12-11-19-20(28(21)56(46,47)48)9-6-10-23(19)53-51-49-41/h3-15,40-42H,2H2,1H3,(H,43,44,45)(H,46,47,48)(H,33,34,35,36)/b38-37+. The van der Waals surface area contributed by atoms with Gasteiger partial charge in [0, 0.05) is 27.9 Å². The number of halogens is 1. The second-order valence-electron chi connectivity index (χ2n) is 10.9. The van der Waals surface area contributed by atoms with Crippen molar-refractivity contribution in [3.05, 3.63) is 84.1 Å². The monoisotopic (exact) mass is 865 g/mol. The van der Waals surface area contributed by atoms with E-state index in [1.165, 1.54) is 36.4 Å². The first-order valence-electron chi connectivity index (χ1n) is 15.3. The van der Waals surface area contributed by atoms with Crippen molar-refractivity contribution in [1.82, 2.24) is 15.0 Å². The average Bonchev–Trinajstić information content (AvgIpc) is 3.15. The van der Waals surface area contributed by atoms with Crippen LogP contribution in [0.1, 0.15) is 6.92 Å². The molecular formula is C31H24ClN7O13S4. The molecule has 0 aliphatic carbocycles. The summed E-state index contributed by atoms with van der Waals surface area (Å²) >= 11 is 7.10. The number of rotatable bonds is 15. The first-order chi connectivity index (χ1) is 26.7. The lowest BCUT2D eigenvalue weighted by molar-refractivity contribution is -0.432. The minimum absolute atomic E-state index is 0.0432. The van der Waals surface area contributed by atoms with Crippen LogP contribution in [0.3, 0.4) is 0 Å². The molecule has 0 bridgehead atoms. The maximum atomic E-state index is 12.7. The predicted molar refractivity (Wildman–Crippen MR) is 202 cm³/mol. The summed E-state index contributed by atoms with van der Waals surface area (Å²) in [4.78, 5) is 13.2. The number of nitrogens with one attached hydrogen (secondary N) is 1. The Morgan fingerprint density at radius 2 is 1.54 bits per heavy atom. The lowest BCUT2D eigenvalue weighted by Crippen LogP contribution is -2.19. The zero-order valence-electron chi connectivity index (χ0n) is 27.9. The number of aromatic nitrogens is 3. The summed E-state index contributed by atoms with van der Waals surface area (Å²) in [6, 6.07) is 19.1. The van der Waals surface area contributed by atoms with Crippen LogP contribution < -0.4 is 10.2 Å². The Bertz CT molecular complexity index is 2700. The number of phenols is 1. The van der Waals surface area contributed by atoms with Gasteiger partial charge in [-0.15, -0.1) is 18.9 Å². The summed E-state index contributed by atoms with van der Waals surface area (Å²) < 4.78 is 79.6. The van der Waals surface area contributed by atoms with Gasteiger partial charge in [-0.05, 0) is 71.8 Å². The molecule has 5 aromatic carbocycles. The van der Waals surface area contributed by atoms with Crippen molar-refractivity contribution >= 4 is 112 Å². The molecule has 0 fully saturated rings. The van der Waals surface area contributed by atoms with E-state index in [0.717, 1.165) is 12.1 Å². The van der Waals surface area contributed by atoms with Crippen LogP contribution in [0.4, 0.5) is 34.6 Å². The van der Waals surface area contributed by atoms with Crippen LogP contribution >= 0.6 is 35.7 Å². The Hall–Kier alpha value is -4.80. The van der Waals surface area contributed by atoms with Crippen LogP contribution in [0.5, 0.6) is 5.75 Å². The zero-order chi connectivity index (χ0) is 40.2. The highest BCUT2D eigenvalue weighted by Crippen LogP contribution is 2.48. The minimum atomic E-state index is -5.02.